The topological polar surface area (TPSA) is 52.7 Å². The lowest BCUT2D eigenvalue weighted by molar-refractivity contribution is -0.139. The van der Waals surface area contributed by atoms with Gasteiger partial charge < -0.3 is 10.2 Å². The van der Waals surface area contributed by atoms with E-state index in [2.05, 4.69) is 15.1 Å². The van der Waals surface area contributed by atoms with Crippen LogP contribution in [0.5, 0.6) is 0 Å². The van der Waals surface area contributed by atoms with Gasteiger partial charge in [0.1, 0.15) is 0 Å². The lowest BCUT2D eigenvalue weighted by Crippen LogP contribution is -2.49. The van der Waals surface area contributed by atoms with Crippen molar-refractivity contribution in [3.8, 4) is 0 Å². The highest BCUT2D eigenvalue weighted by Crippen LogP contribution is 2.21. The normalized spacial score (nSPS) is 27.1. The van der Waals surface area contributed by atoms with Gasteiger partial charge in [0.2, 0.25) is 11.8 Å². The van der Waals surface area contributed by atoms with E-state index in [0.29, 0.717) is 18.5 Å². The maximum absolute atomic E-state index is 12.7. The Bertz CT molecular complexity index is 414. The Balaban J connectivity index is 1.45. The number of likely N-dealkylation sites (tertiary alicyclic amines) is 2. The molecule has 1 N–H and O–H groups in total. The zero-order valence-corrected chi connectivity index (χ0v) is 14.3. The highest BCUT2D eigenvalue weighted by molar-refractivity contribution is 5.80. The Kier molecular flexibility index (Phi) is 5.92. The maximum Gasteiger partial charge on any atom is 0.234 e. The molecule has 2 amide bonds. The highest BCUT2D eigenvalue weighted by Gasteiger charge is 2.30. The first kappa shape index (κ1) is 16.7. The molecule has 1 atom stereocenters. The molecule has 2 heterocycles. The zero-order valence-electron chi connectivity index (χ0n) is 14.3. The fourth-order valence-electron chi connectivity index (χ4n) is 4.32. The van der Waals surface area contributed by atoms with Crippen molar-refractivity contribution in [1.29, 1.82) is 0 Å². The van der Waals surface area contributed by atoms with Crippen LogP contribution in [-0.2, 0) is 9.59 Å². The summed E-state index contributed by atoms with van der Waals surface area (Å²) in [6.45, 7) is 4.02. The largest absolute Gasteiger partial charge is 0.352 e. The number of hydrogen-bond acceptors (Lipinski definition) is 3. The van der Waals surface area contributed by atoms with Crippen LogP contribution in [0, 0.1) is 5.92 Å². The molecule has 3 fully saturated rings. The van der Waals surface area contributed by atoms with Crippen molar-refractivity contribution >= 4 is 11.8 Å². The third-order valence-corrected chi connectivity index (χ3v) is 5.61. The van der Waals surface area contributed by atoms with Gasteiger partial charge in [0.15, 0.2) is 0 Å². The molecule has 1 saturated carbocycles. The van der Waals surface area contributed by atoms with Crippen LogP contribution in [0.4, 0.5) is 0 Å². The zero-order chi connectivity index (χ0) is 16.1. The summed E-state index contributed by atoms with van der Waals surface area (Å²) in [6, 6.07) is 0.387. The van der Waals surface area contributed by atoms with Gasteiger partial charge in [0.05, 0.1) is 12.5 Å². The lowest BCUT2D eigenvalue weighted by atomic mass is 9.95. The Hall–Kier alpha value is -1.10. The summed E-state index contributed by atoms with van der Waals surface area (Å²) < 4.78 is 0. The van der Waals surface area contributed by atoms with E-state index in [-0.39, 0.29) is 11.8 Å². The van der Waals surface area contributed by atoms with Gasteiger partial charge in [0, 0.05) is 25.7 Å². The molecule has 23 heavy (non-hydrogen) atoms. The molecule has 0 aromatic heterocycles. The number of carbonyl (C=O) groups excluding carboxylic acids is 2. The summed E-state index contributed by atoms with van der Waals surface area (Å²) in [5.74, 6) is 0.565. The van der Waals surface area contributed by atoms with Crippen LogP contribution in [0.15, 0.2) is 0 Å². The van der Waals surface area contributed by atoms with Gasteiger partial charge in [-0.3, -0.25) is 14.5 Å². The number of nitrogens with zero attached hydrogens (tertiary/aromatic N) is 2. The second-order valence-electron chi connectivity index (χ2n) is 7.51. The van der Waals surface area contributed by atoms with Crippen LogP contribution in [0.25, 0.3) is 0 Å². The van der Waals surface area contributed by atoms with Crippen LogP contribution < -0.4 is 5.32 Å². The summed E-state index contributed by atoms with van der Waals surface area (Å²) in [5.41, 5.74) is 0. The van der Waals surface area contributed by atoms with Crippen LogP contribution in [0.1, 0.15) is 57.8 Å². The van der Waals surface area contributed by atoms with E-state index >= 15 is 0 Å². The minimum Gasteiger partial charge on any atom is -0.352 e. The molecular weight excluding hydrogens is 290 g/mol. The summed E-state index contributed by atoms with van der Waals surface area (Å²) >= 11 is 0. The average molecular weight is 321 g/mol. The first-order valence-corrected chi connectivity index (χ1v) is 9.53. The van der Waals surface area contributed by atoms with Gasteiger partial charge in [-0.15, -0.1) is 0 Å². The number of carbonyl (C=O) groups is 2. The third kappa shape index (κ3) is 4.69. The molecule has 0 radical (unpaired) electrons. The predicted octanol–water partition coefficient (Wildman–Crippen LogP) is 1.77. The summed E-state index contributed by atoms with van der Waals surface area (Å²) in [4.78, 5) is 29.1. The second-order valence-corrected chi connectivity index (χ2v) is 7.51. The quantitative estimate of drug-likeness (QED) is 0.858. The van der Waals surface area contributed by atoms with Crippen molar-refractivity contribution in [2.75, 3.05) is 32.7 Å². The predicted molar refractivity (Wildman–Crippen MR) is 90.0 cm³/mol. The maximum atomic E-state index is 12.7. The standard InChI is InChI=1S/C18H31N3O2/c22-17(19-16-8-2-3-9-16)14-20-10-6-7-15(13-20)18(23)21-11-4-1-5-12-21/h15-16H,1-14H2,(H,19,22). The average Bonchev–Trinajstić information content (AvgIpc) is 3.08. The van der Waals surface area contributed by atoms with Crippen LogP contribution in [0.3, 0.4) is 0 Å². The molecule has 3 aliphatic rings. The number of nitrogens with one attached hydrogen (secondary N) is 1. The van der Waals surface area contributed by atoms with Gasteiger partial charge in [-0.25, -0.2) is 0 Å². The number of amides is 2. The van der Waals surface area contributed by atoms with Crippen molar-refractivity contribution in [2.45, 2.75) is 63.8 Å². The van der Waals surface area contributed by atoms with Gasteiger partial charge in [0.25, 0.3) is 0 Å². The van der Waals surface area contributed by atoms with Crippen molar-refractivity contribution in [3.63, 3.8) is 0 Å². The SMILES string of the molecule is O=C(CN1CCCC(C(=O)N2CCCCC2)C1)NC1CCCC1. The minimum atomic E-state index is 0.0983. The molecule has 3 rings (SSSR count). The molecule has 2 saturated heterocycles. The van der Waals surface area contributed by atoms with Gasteiger partial charge in [-0.1, -0.05) is 12.8 Å². The monoisotopic (exact) mass is 321 g/mol. The molecule has 0 aromatic rings. The Morgan fingerprint density at radius 3 is 2.35 bits per heavy atom. The second kappa shape index (κ2) is 8.13. The van der Waals surface area contributed by atoms with E-state index in [9.17, 15) is 9.59 Å². The fraction of sp³-hybridized carbons (Fsp3) is 0.889. The molecular formula is C18H31N3O2. The molecule has 1 aliphatic carbocycles. The smallest absolute Gasteiger partial charge is 0.234 e. The van der Waals surface area contributed by atoms with Crippen molar-refractivity contribution in [1.82, 2.24) is 15.1 Å². The molecule has 130 valence electrons. The highest BCUT2D eigenvalue weighted by atomic mass is 16.2. The van der Waals surface area contributed by atoms with Crippen LogP contribution in [-0.4, -0.2) is 60.4 Å². The van der Waals surface area contributed by atoms with Crippen LogP contribution in [0.2, 0.25) is 0 Å². The van der Waals surface area contributed by atoms with Gasteiger partial charge in [-0.2, -0.15) is 0 Å². The number of piperidine rings is 2. The van der Waals surface area contributed by atoms with E-state index in [4.69, 9.17) is 0 Å². The van der Waals surface area contributed by atoms with E-state index in [1.54, 1.807) is 0 Å². The Morgan fingerprint density at radius 1 is 0.870 bits per heavy atom. The third-order valence-electron chi connectivity index (χ3n) is 5.61. The first-order chi connectivity index (χ1) is 11.2. The van der Waals surface area contributed by atoms with E-state index < -0.39 is 0 Å². The minimum absolute atomic E-state index is 0.0983. The van der Waals surface area contributed by atoms with Crippen LogP contribution >= 0.6 is 0 Å². The van der Waals surface area contributed by atoms with Crippen molar-refractivity contribution in [2.24, 2.45) is 5.92 Å². The summed E-state index contributed by atoms with van der Waals surface area (Å²) in [7, 11) is 0. The molecule has 0 aromatic carbocycles. The molecule has 1 unspecified atom stereocenters. The molecule has 0 spiro atoms. The summed E-state index contributed by atoms with van der Waals surface area (Å²) in [5, 5.41) is 3.16. The first-order valence-electron chi connectivity index (χ1n) is 9.53. The van der Waals surface area contributed by atoms with Gasteiger partial charge >= 0.3 is 0 Å². The molecule has 0 bridgehead atoms. The van der Waals surface area contributed by atoms with Crippen molar-refractivity contribution in [3.05, 3.63) is 0 Å². The van der Waals surface area contributed by atoms with E-state index in [1.807, 2.05) is 0 Å². The Morgan fingerprint density at radius 2 is 1.61 bits per heavy atom. The lowest BCUT2D eigenvalue weighted by Gasteiger charge is -2.36. The van der Waals surface area contributed by atoms with Gasteiger partial charge in [-0.05, 0) is 51.5 Å². The molecule has 2 aliphatic heterocycles. The van der Waals surface area contributed by atoms with Crippen molar-refractivity contribution < 1.29 is 9.59 Å². The molecule has 5 heteroatoms. The number of hydrogen-bond donors (Lipinski definition) is 1. The number of rotatable bonds is 4. The van der Waals surface area contributed by atoms with E-state index in [1.165, 1.54) is 19.3 Å². The Labute approximate surface area is 139 Å². The summed E-state index contributed by atoms with van der Waals surface area (Å²) in [6.07, 6.45) is 10.3. The van der Waals surface area contributed by atoms with E-state index in [0.717, 1.165) is 64.7 Å². The fourth-order valence-corrected chi connectivity index (χ4v) is 4.32. The molecule has 5 nitrogen and oxygen atoms in total.